The van der Waals surface area contributed by atoms with Crippen molar-refractivity contribution >= 4 is 23.3 Å². The summed E-state index contributed by atoms with van der Waals surface area (Å²) in [6.45, 7) is 5.95. The number of thiophene rings is 1. The fourth-order valence-electron chi connectivity index (χ4n) is 5.50. The van der Waals surface area contributed by atoms with Gasteiger partial charge in [0.25, 0.3) is 5.91 Å². The molecule has 184 valence electrons. The second-order valence-corrected chi connectivity index (χ2v) is 10.4. The maximum atomic E-state index is 13.2. The number of hydrogen-bond acceptors (Lipinski definition) is 5. The van der Waals surface area contributed by atoms with Gasteiger partial charge in [0.05, 0.1) is 11.5 Å². The van der Waals surface area contributed by atoms with Crippen LogP contribution in [-0.2, 0) is 11.2 Å². The van der Waals surface area contributed by atoms with Crippen LogP contribution in [0.15, 0.2) is 47.8 Å². The minimum absolute atomic E-state index is 0.129. The van der Waals surface area contributed by atoms with Crippen molar-refractivity contribution in [2.24, 2.45) is 5.92 Å². The zero-order valence-corrected chi connectivity index (χ0v) is 21.2. The van der Waals surface area contributed by atoms with Crippen LogP contribution in [0.1, 0.15) is 47.8 Å². The van der Waals surface area contributed by atoms with Gasteiger partial charge in [0.2, 0.25) is 0 Å². The molecule has 0 saturated carbocycles. The Morgan fingerprint density at radius 3 is 2.35 bits per heavy atom. The molecule has 0 radical (unpaired) electrons. The summed E-state index contributed by atoms with van der Waals surface area (Å²) in [4.78, 5) is 32.5. The van der Waals surface area contributed by atoms with Gasteiger partial charge in [0.15, 0.2) is 0 Å². The molecule has 0 bridgehead atoms. The number of carbonyl (C=O) groups is 2. The first-order chi connectivity index (χ1) is 16.6. The third-order valence-corrected chi connectivity index (χ3v) is 8.32. The molecule has 2 fully saturated rings. The Balaban J connectivity index is 1.37. The molecule has 1 aromatic heterocycles. The predicted molar refractivity (Wildman–Crippen MR) is 136 cm³/mol. The van der Waals surface area contributed by atoms with E-state index in [9.17, 15) is 9.59 Å². The molecule has 6 nitrogen and oxygen atoms in total. The molecule has 2 saturated heterocycles. The zero-order valence-electron chi connectivity index (χ0n) is 20.4. The summed E-state index contributed by atoms with van der Waals surface area (Å²) < 4.78 is 5.16. The Kier molecular flexibility index (Phi) is 8.62. The van der Waals surface area contributed by atoms with E-state index < -0.39 is 0 Å². The highest BCUT2D eigenvalue weighted by Gasteiger charge is 2.35. The third kappa shape index (κ3) is 5.99. The Morgan fingerprint density at radius 1 is 1.03 bits per heavy atom. The largest absolute Gasteiger partial charge is 0.450 e. The average Bonchev–Trinajstić information content (AvgIpc) is 3.43. The minimum atomic E-state index is -0.179. The molecule has 0 spiro atoms. The summed E-state index contributed by atoms with van der Waals surface area (Å²) in [6.07, 6.45) is 4.91. The van der Waals surface area contributed by atoms with Gasteiger partial charge >= 0.3 is 6.09 Å². The van der Waals surface area contributed by atoms with Gasteiger partial charge in [0, 0.05) is 32.2 Å². The number of amides is 2. The lowest BCUT2D eigenvalue weighted by atomic mass is 9.84. The van der Waals surface area contributed by atoms with Crippen molar-refractivity contribution in [2.45, 2.75) is 51.1 Å². The van der Waals surface area contributed by atoms with Crippen molar-refractivity contribution in [3.05, 3.63) is 58.3 Å². The van der Waals surface area contributed by atoms with Crippen molar-refractivity contribution in [2.75, 3.05) is 39.8 Å². The van der Waals surface area contributed by atoms with E-state index in [0.717, 1.165) is 63.2 Å². The highest BCUT2D eigenvalue weighted by Crippen LogP contribution is 2.30. The maximum absolute atomic E-state index is 13.2. The third-order valence-electron chi connectivity index (χ3n) is 7.46. The molecular formula is C27H37N3O3S. The van der Waals surface area contributed by atoms with E-state index in [2.05, 4.69) is 29.2 Å². The van der Waals surface area contributed by atoms with E-state index in [1.807, 2.05) is 47.4 Å². The van der Waals surface area contributed by atoms with Gasteiger partial charge in [0.1, 0.15) is 0 Å². The average molecular weight is 484 g/mol. The van der Waals surface area contributed by atoms with Crippen LogP contribution in [0.5, 0.6) is 0 Å². The molecule has 1 atom stereocenters. The van der Waals surface area contributed by atoms with Crippen LogP contribution in [0.25, 0.3) is 0 Å². The van der Waals surface area contributed by atoms with Gasteiger partial charge in [-0.05, 0) is 75.0 Å². The highest BCUT2D eigenvalue weighted by molar-refractivity contribution is 7.12. The van der Waals surface area contributed by atoms with Gasteiger partial charge in [-0.2, -0.15) is 0 Å². The first kappa shape index (κ1) is 24.7. The highest BCUT2D eigenvalue weighted by atomic mass is 32.1. The van der Waals surface area contributed by atoms with Crippen LogP contribution in [0, 0.1) is 5.92 Å². The molecule has 1 unspecified atom stereocenters. The molecule has 0 aliphatic carbocycles. The van der Waals surface area contributed by atoms with Crippen LogP contribution in [0.2, 0.25) is 0 Å². The molecule has 2 aromatic rings. The van der Waals surface area contributed by atoms with E-state index >= 15 is 0 Å². The standard InChI is InChI=1S/C27H37N3O3S/c1-3-33-27(32)30-17-13-23(14-18-30)29-15-11-22(12-16-29)24(20-21-8-5-4-6-9-21)28(2)26(31)25-10-7-19-34-25/h4-10,19,22-24H,3,11-18,20H2,1-2H3. The SMILES string of the molecule is CCOC(=O)N1CCC(N2CCC(C(Cc3ccccc3)N(C)C(=O)c3cccs3)CC2)CC1. The molecular weight excluding hydrogens is 446 g/mol. The summed E-state index contributed by atoms with van der Waals surface area (Å²) in [5, 5.41) is 1.97. The summed E-state index contributed by atoms with van der Waals surface area (Å²) >= 11 is 1.52. The quantitative estimate of drug-likeness (QED) is 0.570. The molecule has 0 N–H and O–H groups in total. The molecule has 7 heteroatoms. The molecule has 2 aliphatic rings. The minimum Gasteiger partial charge on any atom is -0.450 e. The molecule has 2 aliphatic heterocycles. The van der Waals surface area contributed by atoms with Crippen LogP contribution < -0.4 is 0 Å². The van der Waals surface area contributed by atoms with Crippen molar-refractivity contribution in [1.82, 2.24) is 14.7 Å². The normalized spacial score (nSPS) is 19.1. The lowest BCUT2D eigenvalue weighted by Crippen LogP contribution is -2.52. The van der Waals surface area contributed by atoms with E-state index in [4.69, 9.17) is 4.74 Å². The van der Waals surface area contributed by atoms with Gasteiger partial charge in [-0.15, -0.1) is 11.3 Å². The summed E-state index contributed by atoms with van der Waals surface area (Å²) in [7, 11) is 1.98. The number of piperidine rings is 2. The lowest BCUT2D eigenvalue weighted by molar-refractivity contribution is 0.0411. The van der Waals surface area contributed by atoms with E-state index in [1.165, 1.54) is 16.9 Å². The van der Waals surface area contributed by atoms with Gasteiger partial charge < -0.3 is 19.4 Å². The van der Waals surface area contributed by atoms with Crippen molar-refractivity contribution in [3.8, 4) is 0 Å². The van der Waals surface area contributed by atoms with E-state index in [0.29, 0.717) is 18.6 Å². The number of likely N-dealkylation sites (N-methyl/N-ethyl adjacent to an activating group) is 1. The monoisotopic (exact) mass is 483 g/mol. The molecule has 34 heavy (non-hydrogen) atoms. The van der Waals surface area contributed by atoms with Gasteiger partial charge in [-0.1, -0.05) is 36.4 Å². The van der Waals surface area contributed by atoms with Crippen LogP contribution >= 0.6 is 11.3 Å². The van der Waals surface area contributed by atoms with Crippen molar-refractivity contribution in [1.29, 1.82) is 0 Å². The molecule has 3 heterocycles. The topological polar surface area (TPSA) is 53.1 Å². The number of ether oxygens (including phenoxy) is 1. The second-order valence-electron chi connectivity index (χ2n) is 9.44. The first-order valence-corrected chi connectivity index (χ1v) is 13.4. The molecule has 4 rings (SSSR count). The van der Waals surface area contributed by atoms with Crippen LogP contribution in [0.4, 0.5) is 4.79 Å². The zero-order chi connectivity index (χ0) is 23.9. The van der Waals surface area contributed by atoms with Crippen molar-refractivity contribution in [3.63, 3.8) is 0 Å². The second kappa shape index (κ2) is 11.8. The Bertz CT molecular complexity index is 904. The summed E-state index contributed by atoms with van der Waals surface area (Å²) in [5.74, 6) is 0.606. The Morgan fingerprint density at radius 2 is 1.74 bits per heavy atom. The van der Waals surface area contributed by atoms with Gasteiger partial charge in [-0.25, -0.2) is 4.79 Å². The van der Waals surface area contributed by atoms with E-state index in [-0.39, 0.29) is 18.0 Å². The number of rotatable bonds is 7. The van der Waals surface area contributed by atoms with E-state index in [1.54, 1.807) is 0 Å². The van der Waals surface area contributed by atoms with Crippen molar-refractivity contribution < 1.29 is 14.3 Å². The number of nitrogens with zero attached hydrogens (tertiary/aromatic N) is 3. The smallest absolute Gasteiger partial charge is 0.409 e. The first-order valence-electron chi connectivity index (χ1n) is 12.6. The molecule has 2 amide bonds. The number of hydrogen-bond donors (Lipinski definition) is 0. The number of likely N-dealkylation sites (tertiary alicyclic amines) is 2. The van der Waals surface area contributed by atoms with Gasteiger partial charge in [-0.3, -0.25) is 4.79 Å². The Labute approximate surface area is 207 Å². The summed E-state index contributed by atoms with van der Waals surface area (Å²) in [5.41, 5.74) is 1.28. The fraction of sp³-hybridized carbons (Fsp3) is 0.556. The lowest BCUT2D eigenvalue weighted by Gasteiger charge is -2.44. The van der Waals surface area contributed by atoms with Crippen LogP contribution in [0.3, 0.4) is 0 Å². The fourth-order valence-corrected chi connectivity index (χ4v) is 6.20. The Hall–Kier alpha value is -2.38. The number of carbonyl (C=O) groups excluding carboxylic acids is 2. The molecule has 1 aromatic carbocycles. The maximum Gasteiger partial charge on any atom is 0.409 e. The van der Waals surface area contributed by atoms with Crippen LogP contribution in [-0.4, -0.2) is 78.6 Å². The summed E-state index contributed by atoms with van der Waals surface area (Å²) in [6, 6.07) is 15.1. The number of benzene rings is 1. The predicted octanol–water partition coefficient (Wildman–Crippen LogP) is 4.76.